The van der Waals surface area contributed by atoms with Gasteiger partial charge in [-0.25, -0.2) is 4.79 Å². The first-order valence-corrected chi connectivity index (χ1v) is 10.6. The van der Waals surface area contributed by atoms with E-state index in [1.165, 1.54) is 29.6 Å². The lowest BCUT2D eigenvalue weighted by atomic mass is 10.0. The van der Waals surface area contributed by atoms with Gasteiger partial charge in [0.05, 0.1) is 17.8 Å². The van der Waals surface area contributed by atoms with Gasteiger partial charge in [0.1, 0.15) is 28.2 Å². The standard InChI is InChI=1S/C16H16BrN5O8S/c1-7(23)30-5-8-6-31-15-11(14(25)21(15)12(8)16(26)27)18-10(24)2-3-20-4-9(17)13(19-20)22(28)29/h4,11,15H,2-3,5-6H2,1H3,(H,18,24)(H,26,27). The number of carbonyl (C=O) groups excluding carboxylic acids is 3. The van der Waals surface area contributed by atoms with Crippen LogP contribution in [0.5, 0.6) is 0 Å². The Labute approximate surface area is 187 Å². The van der Waals surface area contributed by atoms with E-state index in [9.17, 15) is 34.4 Å². The number of carboxylic acids is 1. The number of hydrogen-bond donors (Lipinski definition) is 2. The number of rotatable bonds is 8. The summed E-state index contributed by atoms with van der Waals surface area (Å²) in [5.74, 6) is -3.11. The van der Waals surface area contributed by atoms with Crippen LogP contribution in [0.4, 0.5) is 5.82 Å². The minimum Gasteiger partial charge on any atom is -0.477 e. The number of aromatic nitrogens is 2. The zero-order valence-corrected chi connectivity index (χ0v) is 18.3. The van der Waals surface area contributed by atoms with Crippen molar-refractivity contribution in [1.82, 2.24) is 20.0 Å². The molecule has 1 saturated heterocycles. The molecule has 0 spiro atoms. The lowest BCUT2D eigenvalue weighted by Crippen LogP contribution is -2.70. The minimum atomic E-state index is -1.32. The van der Waals surface area contributed by atoms with Crippen molar-refractivity contribution in [3.05, 3.63) is 32.1 Å². The van der Waals surface area contributed by atoms with Crippen molar-refractivity contribution >= 4 is 57.3 Å². The Morgan fingerprint density at radius 2 is 2.19 bits per heavy atom. The van der Waals surface area contributed by atoms with Gasteiger partial charge in [0, 0.05) is 24.7 Å². The molecular formula is C16H16BrN5O8S. The molecule has 1 aromatic heterocycles. The SMILES string of the molecule is CC(=O)OCC1=C(C(=O)O)N2C(=O)C(NC(=O)CCn3cc(Br)c([N+](=O)[O-])n3)C2SC1. The van der Waals surface area contributed by atoms with Crippen LogP contribution in [0.15, 0.2) is 21.9 Å². The Kier molecular flexibility index (Phi) is 6.64. The second-order valence-corrected chi connectivity index (χ2v) is 8.52. The maximum Gasteiger partial charge on any atom is 0.404 e. The highest BCUT2D eigenvalue weighted by Gasteiger charge is 2.54. The first-order chi connectivity index (χ1) is 14.6. The summed E-state index contributed by atoms with van der Waals surface area (Å²) in [4.78, 5) is 58.7. The van der Waals surface area contributed by atoms with Gasteiger partial charge in [0.25, 0.3) is 5.91 Å². The Bertz CT molecular complexity index is 1010. The van der Waals surface area contributed by atoms with Crippen molar-refractivity contribution in [3.63, 3.8) is 0 Å². The van der Waals surface area contributed by atoms with E-state index in [0.29, 0.717) is 5.57 Å². The Morgan fingerprint density at radius 1 is 1.48 bits per heavy atom. The van der Waals surface area contributed by atoms with E-state index >= 15 is 0 Å². The number of esters is 1. The van der Waals surface area contributed by atoms with E-state index in [2.05, 4.69) is 26.3 Å². The molecule has 3 rings (SSSR count). The number of hydrogen-bond acceptors (Lipinski definition) is 9. The van der Waals surface area contributed by atoms with Gasteiger partial charge >= 0.3 is 17.8 Å². The fraction of sp³-hybridized carbons (Fsp3) is 0.438. The molecule has 13 nitrogen and oxygen atoms in total. The number of carboxylic acid groups (broad SMARTS) is 1. The van der Waals surface area contributed by atoms with Crippen LogP contribution in [-0.2, 0) is 30.5 Å². The molecule has 1 fully saturated rings. The molecule has 2 N–H and O–H groups in total. The third-order valence-corrected chi connectivity index (χ3v) is 6.36. The zero-order valence-electron chi connectivity index (χ0n) is 15.9. The third kappa shape index (κ3) is 4.71. The van der Waals surface area contributed by atoms with Crippen LogP contribution in [-0.4, -0.2) is 72.2 Å². The van der Waals surface area contributed by atoms with E-state index < -0.39 is 40.1 Å². The van der Waals surface area contributed by atoms with E-state index in [-0.39, 0.29) is 41.3 Å². The van der Waals surface area contributed by atoms with Gasteiger partial charge in [-0.15, -0.1) is 11.8 Å². The summed E-state index contributed by atoms with van der Waals surface area (Å²) in [6, 6.07) is -0.902. The lowest BCUT2D eigenvalue weighted by molar-refractivity contribution is -0.390. The molecule has 2 aliphatic rings. The van der Waals surface area contributed by atoms with Crippen LogP contribution in [0, 0.1) is 10.1 Å². The number of nitrogens with zero attached hydrogens (tertiary/aromatic N) is 4. The third-order valence-electron chi connectivity index (χ3n) is 4.46. The van der Waals surface area contributed by atoms with Gasteiger partial charge < -0.3 is 25.3 Å². The molecule has 0 aliphatic carbocycles. The van der Waals surface area contributed by atoms with Crippen molar-refractivity contribution in [3.8, 4) is 0 Å². The van der Waals surface area contributed by atoms with E-state index in [4.69, 9.17) is 4.74 Å². The Hall–Kier alpha value is -2.94. The number of fused-ring (bicyclic) bond motifs is 1. The van der Waals surface area contributed by atoms with Crippen molar-refractivity contribution < 1.29 is 33.9 Å². The fourth-order valence-corrected chi connectivity index (χ4v) is 4.86. The number of ether oxygens (including phenoxy) is 1. The summed E-state index contributed by atoms with van der Waals surface area (Å²) in [6.45, 7) is 1.01. The molecule has 0 radical (unpaired) electrons. The number of aliphatic carboxylic acids is 1. The number of thioether (sulfide) groups is 1. The second-order valence-electron chi connectivity index (χ2n) is 6.56. The fourth-order valence-electron chi connectivity index (χ4n) is 3.07. The molecule has 0 aromatic carbocycles. The number of carbonyl (C=O) groups is 4. The molecule has 3 heterocycles. The van der Waals surface area contributed by atoms with Gasteiger partial charge in [0.15, 0.2) is 0 Å². The van der Waals surface area contributed by atoms with Crippen molar-refractivity contribution in [1.29, 1.82) is 0 Å². The first kappa shape index (κ1) is 22.7. The average molecular weight is 518 g/mol. The van der Waals surface area contributed by atoms with Crippen LogP contribution >= 0.6 is 27.7 Å². The molecule has 15 heteroatoms. The second kappa shape index (κ2) is 9.05. The highest BCUT2D eigenvalue weighted by atomic mass is 79.9. The molecule has 2 unspecified atom stereocenters. The predicted octanol–water partition coefficient (Wildman–Crippen LogP) is 0.246. The van der Waals surface area contributed by atoms with Crippen molar-refractivity contribution in [2.75, 3.05) is 12.4 Å². The van der Waals surface area contributed by atoms with E-state index in [1.54, 1.807) is 0 Å². The van der Waals surface area contributed by atoms with Gasteiger partial charge in [-0.2, -0.15) is 4.68 Å². The van der Waals surface area contributed by atoms with Crippen molar-refractivity contribution in [2.45, 2.75) is 31.3 Å². The average Bonchev–Trinajstić information content (AvgIpc) is 3.08. The summed E-state index contributed by atoms with van der Waals surface area (Å²) in [5, 5.41) is 26.0. The number of nitrogens with one attached hydrogen (secondary N) is 1. The van der Waals surface area contributed by atoms with Gasteiger partial charge in [-0.1, -0.05) is 0 Å². The maximum atomic E-state index is 12.5. The predicted molar refractivity (Wildman–Crippen MR) is 108 cm³/mol. The van der Waals surface area contributed by atoms with Crippen LogP contribution < -0.4 is 5.32 Å². The maximum absolute atomic E-state index is 12.5. The number of β-lactam (4-membered cyclic amide) rings is 1. The molecule has 0 bridgehead atoms. The Morgan fingerprint density at radius 3 is 2.77 bits per heavy atom. The highest BCUT2D eigenvalue weighted by Crippen LogP contribution is 2.40. The summed E-state index contributed by atoms with van der Waals surface area (Å²) < 4.78 is 6.27. The van der Waals surface area contributed by atoms with Gasteiger partial charge in [0.2, 0.25) is 5.91 Å². The summed E-state index contributed by atoms with van der Waals surface area (Å²) >= 11 is 4.26. The summed E-state index contributed by atoms with van der Waals surface area (Å²) in [7, 11) is 0. The van der Waals surface area contributed by atoms with Crippen LogP contribution in [0.2, 0.25) is 0 Å². The topological polar surface area (TPSA) is 174 Å². The lowest BCUT2D eigenvalue weighted by Gasteiger charge is -2.49. The monoisotopic (exact) mass is 517 g/mol. The van der Waals surface area contributed by atoms with Crippen LogP contribution in [0.25, 0.3) is 0 Å². The van der Waals surface area contributed by atoms with Crippen molar-refractivity contribution in [2.24, 2.45) is 0 Å². The van der Waals surface area contributed by atoms with Crippen LogP contribution in [0.3, 0.4) is 0 Å². The van der Waals surface area contributed by atoms with Gasteiger partial charge in [-0.05, 0) is 20.9 Å². The molecule has 0 saturated carbocycles. The van der Waals surface area contributed by atoms with E-state index in [0.717, 1.165) is 4.90 Å². The Balaban J connectivity index is 1.61. The number of halogens is 1. The van der Waals surface area contributed by atoms with E-state index in [1.807, 2.05) is 0 Å². The number of amides is 2. The first-order valence-electron chi connectivity index (χ1n) is 8.80. The van der Waals surface area contributed by atoms with Gasteiger partial charge in [-0.3, -0.25) is 19.3 Å². The molecule has 31 heavy (non-hydrogen) atoms. The minimum absolute atomic E-state index is 0.0491. The molecule has 2 amide bonds. The smallest absolute Gasteiger partial charge is 0.404 e. The highest BCUT2D eigenvalue weighted by molar-refractivity contribution is 9.10. The molecule has 2 atom stereocenters. The molecular weight excluding hydrogens is 502 g/mol. The molecule has 1 aromatic rings. The summed E-state index contributed by atoms with van der Waals surface area (Å²) in [5.41, 5.74) is 0.0575. The molecule has 166 valence electrons. The number of aryl methyl sites for hydroxylation is 1. The van der Waals surface area contributed by atoms with Crippen LogP contribution in [0.1, 0.15) is 13.3 Å². The zero-order chi connectivity index (χ0) is 22.9. The summed E-state index contributed by atoms with van der Waals surface area (Å²) in [6.07, 6.45) is 1.28. The molecule has 2 aliphatic heterocycles. The normalized spacial score (nSPS) is 20.1. The number of nitro groups is 1. The quantitative estimate of drug-likeness (QED) is 0.210. The largest absolute Gasteiger partial charge is 0.477 e.